The maximum atomic E-state index is 10.7. The third kappa shape index (κ3) is 2.75. The monoisotopic (exact) mass is 276 g/mol. The number of aryl methyl sites for hydroxylation is 1. The summed E-state index contributed by atoms with van der Waals surface area (Å²) in [4.78, 5) is 17.2. The molecule has 0 unspecified atom stereocenters. The summed E-state index contributed by atoms with van der Waals surface area (Å²) >= 11 is 0. The quantitative estimate of drug-likeness (QED) is 0.831. The van der Waals surface area contributed by atoms with Crippen molar-refractivity contribution in [2.75, 3.05) is 18.0 Å². The lowest BCUT2D eigenvalue weighted by Crippen LogP contribution is -2.25. The summed E-state index contributed by atoms with van der Waals surface area (Å²) in [7, 11) is 1.94. The van der Waals surface area contributed by atoms with Gasteiger partial charge in [-0.15, -0.1) is 0 Å². The minimum atomic E-state index is -0.784. The van der Waals surface area contributed by atoms with Crippen molar-refractivity contribution >= 4 is 22.7 Å². The largest absolute Gasteiger partial charge is 0.481 e. The summed E-state index contributed by atoms with van der Waals surface area (Å²) in [5.41, 5.74) is 8.57. The van der Waals surface area contributed by atoms with Crippen molar-refractivity contribution in [3.05, 3.63) is 24.0 Å². The van der Waals surface area contributed by atoms with Gasteiger partial charge in [0.25, 0.3) is 0 Å². The Morgan fingerprint density at radius 3 is 2.85 bits per heavy atom. The van der Waals surface area contributed by atoms with E-state index in [1.807, 2.05) is 41.6 Å². The Labute approximate surface area is 117 Å². The lowest BCUT2D eigenvalue weighted by Gasteiger charge is -2.22. The molecule has 2 rings (SSSR count). The van der Waals surface area contributed by atoms with E-state index in [-0.39, 0.29) is 6.42 Å². The fraction of sp³-hybridized carbons (Fsp3) is 0.429. The number of carboxylic acids is 1. The number of carbonyl (C=O) groups is 1. The predicted molar refractivity (Wildman–Crippen MR) is 78.7 cm³/mol. The number of rotatable bonds is 6. The van der Waals surface area contributed by atoms with Gasteiger partial charge in [0.05, 0.1) is 24.0 Å². The van der Waals surface area contributed by atoms with Gasteiger partial charge in [-0.05, 0) is 25.1 Å². The van der Waals surface area contributed by atoms with E-state index in [9.17, 15) is 4.79 Å². The number of imidazole rings is 1. The normalized spacial score (nSPS) is 10.9. The first-order valence-electron chi connectivity index (χ1n) is 6.69. The Balaban J connectivity index is 2.32. The van der Waals surface area contributed by atoms with E-state index in [0.29, 0.717) is 13.1 Å². The molecule has 6 heteroatoms. The number of anilines is 1. The molecule has 0 spiro atoms. The average molecular weight is 276 g/mol. The van der Waals surface area contributed by atoms with Gasteiger partial charge in [-0.2, -0.15) is 0 Å². The molecular formula is C14H20N4O2. The molecule has 108 valence electrons. The van der Waals surface area contributed by atoms with Crippen LogP contribution in [0.1, 0.15) is 19.2 Å². The van der Waals surface area contributed by atoms with Gasteiger partial charge in [-0.25, -0.2) is 4.98 Å². The molecular weight excluding hydrogens is 256 g/mol. The smallest absolute Gasteiger partial charge is 0.305 e. The molecule has 1 heterocycles. The second-order valence-electron chi connectivity index (χ2n) is 4.69. The summed E-state index contributed by atoms with van der Waals surface area (Å²) in [5, 5.41) is 8.79. The molecule has 0 saturated carbocycles. The molecule has 0 atom stereocenters. The van der Waals surface area contributed by atoms with Gasteiger partial charge in [0.15, 0.2) is 0 Å². The standard InChI is InChI=1S/C14H20N4O2/c1-3-18(7-6-14(19)20)10-4-5-12-11(8-10)16-13(9-15)17(12)2/h4-5,8H,3,6-7,9,15H2,1-2H3,(H,19,20). The van der Waals surface area contributed by atoms with Crippen molar-refractivity contribution < 1.29 is 9.90 Å². The first kappa shape index (κ1) is 14.3. The summed E-state index contributed by atoms with van der Waals surface area (Å²) in [5.74, 6) is 0.0542. The maximum Gasteiger partial charge on any atom is 0.305 e. The third-order valence-electron chi connectivity index (χ3n) is 3.48. The zero-order chi connectivity index (χ0) is 14.7. The zero-order valence-corrected chi connectivity index (χ0v) is 11.8. The van der Waals surface area contributed by atoms with Gasteiger partial charge in [0, 0.05) is 25.8 Å². The molecule has 0 aliphatic rings. The van der Waals surface area contributed by atoms with Crippen LogP contribution in [-0.4, -0.2) is 33.7 Å². The molecule has 0 saturated heterocycles. The first-order chi connectivity index (χ1) is 9.56. The summed E-state index contributed by atoms with van der Waals surface area (Å²) in [6.07, 6.45) is 0.127. The Morgan fingerprint density at radius 1 is 1.50 bits per heavy atom. The van der Waals surface area contributed by atoms with Crippen LogP contribution >= 0.6 is 0 Å². The van der Waals surface area contributed by atoms with E-state index >= 15 is 0 Å². The second kappa shape index (κ2) is 5.92. The van der Waals surface area contributed by atoms with Crippen molar-refractivity contribution in [1.82, 2.24) is 9.55 Å². The Bertz CT molecular complexity index is 621. The van der Waals surface area contributed by atoms with Crippen molar-refractivity contribution in [3.8, 4) is 0 Å². The van der Waals surface area contributed by atoms with E-state index < -0.39 is 5.97 Å². The third-order valence-corrected chi connectivity index (χ3v) is 3.48. The molecule has 2 aromatic rings. The highest BCUT2D eigenvalue weighted by Crippen LogP contribution is 2.22. The topological polar surface area (TPSA) is 84.4 Å². The van der Waals surface area contributed by atoms with Gasteiger partial charge in [0.2, 0.25) is 0 Å². The molecule has 0 aliphatic heterocycles. The number of benzene rings is 1. The van der Waals surface area contributed by atoms with E-state index in [4.69, 9.17) is 10.8 Å². The second-order valence-corrected chi connectivity index (χ2v) is 4.69. The first-order valence-corrected chi connectivity index (χ1v) is 6.69. The van der Waals surface area contributed by atoms with E-state index in [0.717, 1.165) is 29.1 Å². The number of nitrogens with zero attached hydrogens (tertiary/aromatic N) is 3. The molecule has 0 radical (unpaired) electrons. The number of aromatic nitrogens is 2. The molecule has 0 aliphatic carbocycles. The van der Waals surface area contributed by atoms with Crippen LogP contribution in [0.4, 0.5) is 5.69 Å². The molecule has 0 bridgehead atoms. The van der Waals surface area contributed by atoms with E-state index in [1.54, 1.807) is 0 Å². The molecule has 3 N–H and O–H groups in total. The minimum Gasteiger partial charge on any atom is -0.481 e. The molecule has 0 amide bonds. The molecule has 20 heavy (non-hydrogen) atoms. The van der Waals surface area contributed by atoms with Crippen molar-refractivity contribution in [2.45, 2.75) is 19.9 Å². The Kier molecular flexibility index (Phi) is 4.24. The molecule has 0 fully saturated rings. The van der Waals surface area contributed by atoms with Crippen LogP contribution in [0.3, 0.4) is 0 Å². The van der Waals surface area contributed by atoms with Crippen LogP contribution < -0.4 is 10.6 Å². The number of hydrogen-bond donors (Lipinski definition) is 2. The highest BCUT2D eigenvalue weighted by atomic mass is 16.4. The number of nitrogens with two attached hydrogens (primary N) is 1. The SMILES string of the molecule is CCN(CCC(=O)O)c1ccc2c(c1)nc(CN)n2C. The molecule has 6 nitrogen and oxygen atoms in total. The van der Waals surface area contributed by atoms with E-state index in [1.165, 1.54) is 0 Å². The van der Waals surface area contributed by atoms with Crippen LogP contribution in [0.2, 0.25) is 0 Å². The number of aliphatic carboxylic acids is 1. The Morgan fingerprint density at radius 2 is 2.25 bits per heavy atom. The number of hydrogen-bond acceptors (Lipinski definition) is 4. The number of carboxylic acid groups (broad SMARTS) is 1. The van der Waals surface area contributed by atoms with Gasteiger partial charge >= 0.3 is 5.97 Å². The maximum absolute atomic E-state index is 10.7. The zero-order valence-electron chi connectivity index (χ0n) is 11.8. The van der Waals surface area contributed by atoms with Crippen LogP contribution in [0.25, 0.3) is 11.0 Å². The summed E-state index contributed by atoms with van der Waals surface area (Å²) < 4.78 is 1.98. The van der Waals surface area contributed by atoms with Crippen LogP contribution in [0.15, 0.2) is 18.2 Å². The van der Waals surface area contributed by atoms with Gasteiger partial charge in [-0.1, -0.05) is 0 Å². The van der Waals surface area contributed by atoms with Crippen molar-refractivity contribution in [1.29, 1.82) is 0 Å². The lowest BCUT2D eigenvalue weighted by atomic mass is 10.2. The van der Waals surface area contributed by atoms with Crippen LogP contribution in [0.5, 0.6) is 0 Å². The van der Waals surface area contributed by atoms with Crippen LogP contribution in [-0.2, 0) is 18.4 Å². The highest BCUT2D eigenvalue weighted by molar-refractivity contribution is 5.80. The fourth-order valence-electron chi connectivity index (χ4n) is 2.32. The lowest BCUT2D eigenvalue weighted by molar-refractivity contribution is -0.136. The van der Waals surface area contributed by atoms with Crippen LogP contribution in [0, 0.1) is 0 Å². The highest BCUT2D eigenvalue weighted by Gasteiger charge is 2.11. The van der Waals surface area contributed by atoms with Crippen molar-refractivity contribution in [3.63, 3.8) is 0 Å². The van der Waals surface area contributed by atoms with Gasteiger partial charge in [0.1, 0.15) is 5.82 Å². The predicted octanol–water partition coefficient (Wildman–Crippen LogP) is 1.33. The van der Waals surface area contributed by atoms with Gasteiger partial charge < -0.3 is 20.3 Å². The van der Waals surface area contributed by atoms with Crippen molar-refractivity contribution in [2.24, 2.45) is 12.8 Å². The summed E-state index contributed by atoms with van der Waals surface area (Å²) in [6.45, 7) is 3.66. The van der Waals surface area contributed by atoms with E-state index in [2.05, 4.69) is 4.98 Å². The summed E-state index contributed by atoms with van der Waals surface area (Å²) in [6, 6.07) is 5.98. The van der Waals surface area contributed by atoms with Gasteiger partial charge in [-0.3, -0.25) is 4.79 Å². The minimum absolute atomic E-state index is 0.127. The Hall–Kier alpha value is -2.08. The molecule has 1 aromatic heterocycles. The molecule has 1 aromatic carbocycles. The average Bonchev–Trinajstić information content (AvgIpc) is 2.75. The number of fused-ring (bicyclic) bond motifs is 1. The fourth-order valence-corrected chi connectivity index (χ4v) is 2.32.